The van der Waals surface area contributed by atoms with Gasteiger partial charge in [0.2, 0.25) is 17.2 Å². The topological polar surface area (TPSA) is 88.2 Å². The molecule has 1 aliphatic carbocycles. The predicted octanol–water partition coefficient (Wildman–Crippen LogP) is 0.0683. The van der Waals surface area contributed by atoms with Crippen molar-refractivity contribution in [1.82, 2.24) is 15.0 Å². The zero-order valence-corrected chi connectivity index (χ0v) is 8.85. The minimum Gasteiger partial charge on any atom is -0.395 e. The second-order valence-corrected chi connectivity index (χ2v) is 3.75. The highest BCUT2D eigenvalue weighted by Gasteiger charge is 2.30. The van der Waals surface area contributed by atoms with Gasteiger partial charge in [0.25, 0.3) is 0 Å². The second-order valence-electron chi connectivity index (χ2n) is 3.41. The average molecular weight is 230 g/mol. The molecule has 0 aliphatic heterocycles. The van der Waals surface area contributed by atoms with Gasteiger partial charge in [-0.3, -0.25) is 0 Å². The van der Waals surface area contributed by atoms with E-state index in [1.807, 2.05) is 4.90 Å². The van der Waals surface area contributed by atoms with Crippen LogP contribution in [0.15, 0.2) is 0 Å². The summed E-state index contributed by atoms with van der Waals surface area (Å²) in [5, 5.41) is 9.02. The lowest BCUT2D eigenvalue weighted by atomic mass is 10.5. The molecule has 0 spiro atoms. The number of nitrogens with zero attached hydrogens (tertiary/aromatic N) is 4. The van der Waals surface area contributed by atoms with Gasteiger partial charge < -0.3 is 15.7 Å². The van der Waals surface area contributed by atoms with E-state index in [0.717, 1.165) is 12.8 Å². The maximum atomic E-state index is 8.94. The first-order valence-corrected chi connectivity index (χ1v) is 5.13. The maximum absolute atomic E-state index is 8.94. The Bertz CT molecular complexity index is 337. The third kappa shape index (κ3) is 2.45. The van der Waals surface area contributed by atoms with Crippen molar-refractivity contribution in [3.63, 3.8) is 0 Å². The number of nitrogen functional groups attached to an aromatic ring is 1. The van der Waals surface area contributed by atoms with Gasteiger partial charge in [0.05, 0.1) is 6.61 Å². The molecule has 7 heteroatoms. The Labute approximate surface area is 92.1 Å². The number of rotatable bonds is 4. The lowest BCUT2D eigenvalue weighted by Gasteiger charge is -2.20. The number of nitrogens with two attached hydrogens (primary N) is 1. The molecule has 2 rings (SSSR count). The van der Waals surface area contributed by atoms with Crippen molar-refractivity contribution in [2.24, 2.45) is 0 Å². The van der Waals surface area contributed by atoms with E-state index in [1.165, 1.54) is 0 Å². The number of anilines is 2. The predicted molar refractivity (Wildman–Crippen MR) is 56.7 cm³/mol. The SMILES string of the molecule is Nc1nc(Cl)nc(N(CCO)C2CC2)n1. The van der Waals surface area contributed by atoms with Crippen LogP contribution < -0.4 is 10.6 Å². The molecule has 0 atom stereocenters. The zero-order chi connectivity index (χ0) is 10.8. The van der Waals surface area contributed by atoms with Crippen LogP contribution in [0.25, 0.3) is 0 Å². The third-order valence-corrected chi connectivity index (χ3v) is 2.37. The molecule has 6 nitrogen and oxygen atoms in total. The molecule has 1 aliphatic rings. The molecular formula is C8H12ClN5O. The lowest BCUT2D eigenvalue weighted by molar-refractivity contribution is 0.300. The van der Waals surface area contributed by atoms with Gasteiger partial charge in [-0.15, -0.1) is 0 Å². The minimum absolute atomic E-state index is 0.0553. The van der Waals surface area contributed by atoms with Gasteiger partial charge in [0.15, 0.2) is 0 Å². The smallest absolute Gasteiger partial charge is 0.231 e. The van der Waals surface area contributed by atoms with Gasteiger partial charge in [0, 0.05) is 12.6 Å². The standard InChI is InChI=1S/C8H12ClN5O/c9-6-11-7(10)13-8(12-6)14(3-4-15)5-1-2-5/h5,15H,1-4H2,(H2,10,11,12,13). The van der Waals surface area contributed by atoms with Gasteiger partial charge in [-0.2, -0.15) is 15.0 Å². The van der Waals surface area contributed by atoms with Crippen LogP contribution in [-0.4, -0.2) is 39.3 Å². The highest BCUT2D eigenvalue weighted by Crippen LogP contribution is 2.29. The summed E-state index contributed by atoms with van der Waals surface area (Å²) in [4.78, 5) is 13.6. The molecule has 0 bridgehead atoms. The average Bonchev–Trinajstić information content (AvgIpc) is 2.95. The van der Waals surface area contributed by atoms with Crippen LogP contribution in [0.2, 0.25) is 5.28 Å². The van der Waals surface area contributed by atoms with Crippen LogP contribution in [0, 0.1) is 0 Å². The summed E-state index contributed by atoms with van der Waals surface area (Å²) in [6, 6.07) is 0.398. The summed E-state index contributed by atoms with van der Waals surface area (Å²) < 4.78 is 0. The van der Waals surface area contributed by atoms with E-state index < -0.39 is 0 Å². The quantitative estimate of drug-likeness (QED) is 0.760. The highest BCUT2D eigenvalue weighted by molar-refractivity contribution is 6.28. The van der Waals surface area contributed by atoms with E-state index in [-0.39, 0.29) is 17.8 Å². The van der Waals surface area contributed by atoms with E-state index >= 15 is 0 Å². The summed E-state index contributed by atoms with van der Waals surface area (Å²) in [7, 11) is 0. The Morgan fingerprint density at radius 3 is 2.67 bits per heavy atom. The van der Waals surface area contributed by atoms with Crippen LogP contribution in [0.1, 0.15) is 12.8 Å². The Morgan fingerprint density at radius 1 is 1.40 bits per heavy atom. The highest BCUT2D eigenvalue weighted by atomic mass is 35.5. The number of aliphatic hydroxyl groups excluding tert-OH is 1. The van der Waals surface area contributed by atoms with Gasteiger partial charge in [-0.1, -0.05) is 0 Å². The first-order chi connectivity index (χ1) is 7.20. The fourth-order valence-corrected chi connectivity index (χ4v) is 1.58. The van der Waals surface area contributed by atoms with Crippen LogP contribution in [0.3, 0.4) is 0 Å². The fourth-order valence-electron chi connectivity index (χ4n) is 1.42. The van der Waals surface area contributed by atoms with Crippen LogP contribution in [-0.2, 0) is 0 Å². The van der Waals surface area contributed by atoms with Crippen LogP contribution in [0.5, 0.6) is 0 Å². The Morgan fingerprint density at radius 2 is 2.13 bits per heavy atom. The summed E-state index contributed by atoms with van der Waals surface area (Å²) >= 11 is 5.69. The Kier molecular flexibility index (Phi) is 2.88. The first kappa shape index (κ1) is 10.4. The normalized spacial score (nSPS) is 15.3. The van der Waals surface area contributed by atoms with E-state index in [1.54, 1.807) is 0 Å². The molecule has 0 saturated heterocycles. The number of halogens is 1. The molecule has 0 amide bonds. The van der Waals surface area contributed by atoms with Crippen molar-refractivity contribution in [3.8, 4) is 0 Å². The van der Waals surface area contributed by atoms with Crippen LogP contribution >= 0.6 is 11.6 Å². The molecule has 1 fully saturated rings. The van der Waals surface area contributed by atoms with Crippen molar-refractivity contribution in [2.75, 3.05) is 23.8 Å². The molecule has 1 aromatic rings. The monoisotopic (exact) mass is 229 g/mol. The van der Waals surface area contributed by atoms with Gasteiger partial charge >= 0.3 is 0 Å². The van der Waals surface area contributed by atoms with Crippen molar-refractivity contribution in [1.29, 1.82) is 0 Å². The third-order valence-electron chi connectivity index (χ3n) is 2.20. The molecule has 3 N–H and O–H groups in total. The molecule has 82 valence electrons. The van der Waals surface area contributed by atoms with Gasteiger partial charge in [-0.25, -0.2) is 0 Å². The Balaban J connectivity index is 2.24. The van der Waals surface area contributed by atoms with Crippen molar-refractivity contribution in [3.05, 3.63) is 5.28 Å². The number of aromatic nitrogens is 3. The molecule has 0 radical (unpaired) electrons. The summed E-state index contributed by atoms with van der Waals surface area (Å²) in [6.07, 6.45) is 2.17. The van der Waals surface area contributed by atoms with Crippen molar-refractivity contribution < 1.29 is 5.11 Å². The van der Waals surface area contributed by atoms with Crippen molar-refractivity contribution in [2.45, 2.75) is 18.9 Å². The second kappa shape index (κ2) is 4.16. The minimum atomic E-state index is 0.0553. The first-order valence-electron chi connectivity index (χ1n) is 4.75. The molecule has 0 unspecified atom stereocenters. The molecule has 15 heavy (non-hydrogen) atoms. The summed E-state index contributed by atoms with van der Waals surface area (Å²) in [5.74, 6) is 0.553. The molecular weight excluding hydrogens is 218 g/mol. The summed E-state index contributed by atoms with van der Waals surface area (Å²) in [6.45, 7) is 0.546. The van der Waals surface area contributed by atoms with Gasteiger partial charge in [-0.05, 0) is 24.4 Å². The number of hydrogen-bond donors (Lipinski definition) is 2. The van der Waals surface area contributed by atoms with E-state index in [0.29, 0.717) is 18.5 Å². The molecule has 1 saturated carbocycles. The van der Waals surface area contributed by atoms with Gasteiger partial charge in [0.1, 0.15) is 0 Å². The van der Waals surface area contributed by atoms with Crippen LogP contribution in [0.4, 0.5) is 11.9 Å². The largest absolute Gasteiger partial charge is 0.395 e. The summed E-state index contributed by atoms with van der Waals surface area (Å²) in [5.41, 5.74) is 5.48. The molecule has 1 heterocycles. The van der Waals surface area contributed by atoms with E-state index in [2.05, 4.69) is 15.0 Å². The molecule has 0 aromatic carbocycles. The fraction of sp³-hybridized carbons (Fsp3) is 0.625. The zero-order valence-electron chi connectivity index (χ0n) is 8.10. The lowest BCUT2D eigenvalue weighted by Crippen LogP contribution is -2.31. The number of aliphatic hydroxyl groups is 1. The van der Waals surface area contributed by atoms with E-state index in [9.17, 15) is 0 Å². The number of hydrogen-bond acceptors (Lipinski definition) is 6. The Hall–Kier alpha value is -1.14. The van der Waals surface area contributed by atoms with E-state index in [4.69, 9.17) is 22.4 Å². The maximum Gasteiger partial charge on any atom is 0.231 e. The molecule has 1 aromatic heterocycles. The van der Waals surface area contributed by atoms with Crippen molar-refractivity contribution >= 4 is 23.5 Å².